The van der Waals surface area contributed by atoms with Gasteiger partial charge in [0.2, 0.25) is 0 Å². The average molecular weight is 245 g/mol. The van der Waals surface area contributed by atoms with Gasteiger partial charge in [-0.15, -0.1) is 5.16 Å². The summed E-state index contributed by atoms with van der Waals surface area (Å²) < 4.78 is 19.0. The van der Waals surface area contributed by atoms with E-state index in [1.165, 1.54) is 6.07 Å². The molecule has 0 spiro atoms. The molecule has 2 aromatic rings. The van der Waals surface area contributed by atoms with Crippen LogP contribution in [-0.4, -0.2) is 6.72 Å². The lowest BCUT2D eigenvalue weighted by Crippen LogP contribution is -1.92. The van der Waals surface area contributed by atoms with Gasteiger partial charge in [0.05, 0.1) is 0 Å². The molecule has 0 saturated heterocycles. The molecule has 0 radical (unpaired) electrons. The molecule has 18 heavy (non-hydrogen) atoms. The zero-order valence-corrected chi connectivity index (χ0v) is 9.67. The van der Waals surface area contributed by atoms with E-state index in [1.54, 1.807) is 24.3 Å². The van der Waals surface area contributed by atoms with Crippen molar-refractivity contribution in [3.63, 3.8) is 0 Å². The summed E-state index contributed by atoms with van der Waals surface area (Å²) in [4.78, 5) is 4.80. The van der Waals surface area contributed by atoms with Crippen LogP contribution in [0.4, 0.5) is 4.39 Å². The highest BCUT2D eigenvalue weighted by Crippen LogP contribution is 2.25. The molecule has 2 aromatic carbocycles. The number of hydrogen-bond donors (Lipinski definition) is 0. The van der Waals surface area contributed by atoms with Gasteiger partial charge < -0.3 is 9.57 Å². The van der Waals surface area contributed by atoms with Crippen LogP contribution in [0.25, 0.3) is 0 Å². The van der Waals surface area contributed by atoms with Gasteiger partial charge in [0, 0.05) is 6.72 Å². The maximum atomic E-state index is 13.6. The lowest BCUT2D eigenvalue weighted by Gasteiger charge is -2.08. The highest BCUT2D eigenvalue weighted by Gasteiger charge is 2.06. The van der Waals surface area contributed by atoms with Crippen LogP contribution in [0.3, 0.4) is 0 Å². The third-order valence-corrected chi connectivity index (χ3v) is 2.29. The van der Waals surface area contributed by atoms with Crippen molar-refractivity contribution in [2.24, 2.45) is 5.16 Å². The van der Waals surface area contributed by atoms with Crippen molar-refractivity contribution in [1.29, 1.82) is 0 Å². The minimum atomic E-state index is -0.422. The molecule has 0 bridgehead atoms. The second kappa shape index (κ2) is 5.82. The van der Waals surface area contributed by atoms with Crippen molar-refractivity contribution in [1.82, 2.24) is 0 Å². The third kappa shape index (κ3) is 3.07. The summed E-state index contributed by atoms with van der Waals surface area (Å²) in [6.45, 7) is 3.44. The fraction of sp³-hybridized carbons (Fsp3) is 0.0714. The highest BCUT2D eigenvalue weighted by molar-refractivity contribution is 5.35. The molecule has 3 nitrogen and oxygen atoms in total. The van der Waals surface area contributed by atoms with Crippen LogP contribution in [-0.2, 0) is 11.4 Å². The van der Waals surface area contributed by atoms with Crippen molar-refractivity contribution in [3.05, 3.63) is 59.9 Å². The molecule has 0 saturated carbocycles. The summed E-state index contributed by atoms with van der Waals surface area (Å²) in [6.07, 6.45) is 0. The SMILES string of the molecule is C=NOCc1ccc(F)c(Oc2ccccc2)c1. The average Bonchev–Trinajstić information content (AvgIpc) is 2.41. The Labute approximate surface area is 104 Å². The number of rotatable bonds is 5. The van der Waals surface area contributed by atoms with Crippen LogP contribution in [0.15, 0.2) is 53.7 Å². The van der Waals surface area contributed by atoms with E-state index in [0.29, 0.717) is 5.75 Å². The minimum Gasteiger partial charge on any atom is -0.454 e. The molecule has 0 fully saturated rings. The molecule has 0 atom stereocenters. The fourth-order valence-corrected chi connectivity index (χ4v) is 1.45. The Hall–Kier alpha value is -2.36. The van der Waals surface area contributed by atoms with Crippen LogP contribution < -0.4 is 4.74 Å². The van der Waals surface area contributed by atoms with E-state index < -0.39 is 5.82 Å². The normalized spacial score (nSPS) is 9.83. The zero-order valence-electron chi connectivity index (χ0n) is 9.67. The molecule has 0 aliphatic heterocycles. The summed E-state index contributed by atoms with van der Waals surface area (Å²) in [5, 5.41) is 3.28. The first kappa shape index (κ1) is 12.1. The van der Waals surface area contributed by atoms with Gasteiger partial charge in [-0.05, 0) is 29.8 Å². The number of para-hydroxylation sites is 1. The van der Waals surface area contributed by atoms with E-state index in [-0.39, 0.29) is 12.4 Å². The van der Waals surface area contributed by atoms with Crippen molar-refractivity contribution < 1.29 is 14.0 Å². The second-order valence-corrected chi connectivity index (χ2v) is 3.58. The maximum absolute atomic E-state index is 13.6. The van der Waals surface area contributed by atoms with Crippen LogP contribution in [0.1, 0.15) is 5.56 Å². The molecule has 2 rings (SSSR count). The number of hydrogen-bond acceptors (Lipinski definition) is 3. The number of oxime groups is 1. The predicted molar refractivity (Wildman–Crippen MR) is 67.3 cm³/mol. The van der Waals surface area contributed by atoms with Crippen molar-refractivity contribution >= 4 is 6.72 Å². The van der Waals surface area contributed by atoms with Gasteiger partial charge >= 0.3 is 0 Å². The summed E-state index contributed by atoms with van der Waals surface area (Å²) >= 11 is 0. The Balaban J connectivity index is 2.18. The van der Waals surface area contributed by atoms with Crippen molar-refractivity contribution in [2.45, 2.75) is 6.61 Å². The van der Waals surface area contributed by atoms with Crippen LogP contribution in [0.5, 0.6) is 11.5 Å². The molecule has 0 aliphatic carbocycles. The molecule has 0 N–H and O–H groups in total. The Morgan fingerprint density at radius 1 is 1.11 bits per heavy atom. The van der Waals surface area contributed by atoms with Gasteiger partial charge in [0.1, 0.15) is 12.4 Å². The van der Waals surface area contributed by atoms with E-state index in [0.717, 1.165) is 5.56 Å². The fourth-order valence-electron chi connectivity index (χ4n) is 1.45. The lowest BCUT2D eigenvalue weighted by molar-refractivity contribution is 0.133. The Bertz CT molecular complexity index is 529. The molecule has 0 heterocycles. The Kier molecular flexibility index (Phi) is 3.91. The first-order chi connectivity index (χ1) is 8.79. The monoisotopic (exact) mass is 245 g/mol. The van der Waals surface area contributed by atoms with Crippen molar-refractivity contribution in [3.8, 4) is 11.5 Å². The molecule has 4 heteroatoms. The summed E-state index contributed by atoms with van der Waals surface area (Å²) in [5.41, 5.74) is 0.759. The van der Waals surface area contributed by atoms with Gasteiger partial charge in [-0.25, -0.2) is 4.39 Å². The van der Waals surface area contributed by atoms with Gasteiger partial charge in [-0.3, -0.25) is 0 Å². The quantitative estimate of drug-likeness (QED) is 0.593. The van der Waals surface area contributed by atoms with Crippen molar-refractivity contribution in [2.75, 3.05) is 0 Å². The van der Waals surface area contributed by atoms with Gasteiger partial charge in [0.15, 0.2) is 11.6 Å². The van der Waals surface area contributed by atoms with E-state index in [2.05, 4.69) is 11.9 Å². The predicted octanol–water partition coefficient (Wildman–Crippen LogP) is 3.75. The largest absolute Gasteiger partial charge is 0.454 e. The van der Waals surface area contributed by atoms with E-state index in [4.69, 9.17) is 9.57 Å². The third-order valence-electron chi connectivity index (χ3n) is 2.29. The topological polar surface area (TPSA) is 30.8 Å². The Morgan fingerprint density at radius 3 is 2.61 bits per heavy atom. The zero-order chi connectivity index (χ0) is 12.8. The number of benzene rings is 2. The number of ether oxygens (including phenoxy) is 1. The lowest BCUT2D eigenvalue weighted by atomic mass is 10.2. The molecular formula is C14H12FNO2. The van der Waals surface area contributed by atoms with E-state index >= 15 is 0 Å². The first-order valence-electron chi connectivity index (χ1n) is 5.39. The smallest absolute Gasteiger partial charge is 0.165 e. The summed E-state index contributed by atoms with van der Waals surface area (Å²) in [6, 6.07) is 13.5. The van der Waals surface area contributed by atoms with Crippen LogP contribution in [0, 0.1) is 5.82 Å². The standard InChI is InChI=1S/C14H12FNO2/c1-16-17-10-11-7-8-13(15)14(9-11)18-12-5-3-2-4-6-12/h2-9H,1,10H2. The first-order valence-corrected chi connectivity index (χ1v) is 5.39. The summed E-state index contributed by atoms with van der Waals surface area (Å²) in [5.74, 6) is 0.317. The van der Waals surface area contributed by atoms with E-state index in [9.17, 15) is 4.39 Å². The number of halogens is 1. The minimum absolute atomic E-state index is 0.159. The molecular weight excluding hydrogens is 233 g/mol. The maximum Gasteiger partial charge on any atom is 0.165 e. The molecule has 0 amide bonds. The molecule has 92 valence electrons. The Morgan fingerprint density at radius 2 is 1.89 bits per heavy atom. The van der Waals surface area contributed by atoms with Gasteiger partial charge in [-0.1, -0.05) is 24.3 Å². The molecule has 0 aliphatic rings. The van der Waals surface area contributed by atoms with Gasteiger partial charge in [0.25, 0.3) is 0 Å². The highest BCUT2D eigenvalue weighted by atomic mass is 19.1. The summed E-state index contributed by atoms with van der Waals surface area (Å²) in [7, 11) is 0. The molecule has 0 aromatic heterocycles. The second-order valence-electron chi connectivity index (χ2n) is 3.58. The van der Waals surface area contributed by atoms with Crippen LogP contribution in [0.2, 0.25) is 0 Å². The van der Waals surface area contributed by atoms with Crippen LogP contribution >= 0.6 is 0 Å². The number of nitrogens with zero attached hydrogens (tertiary/aromatic N) is 1. The van der Waals surface area contributed by atoms with E-state index in [1.807, 2.05) is 18.2 Å². The van der Waals surface area contributed by atoms with Gasteiger partial charge in [-0.2, -0.15) is 0 Å². The molecule has 0 unspecified atom stereocenters.